The Kier molecular flexibility index (Phi) is 3.56. The average Bonchev–Trinajstić information content (AvgIpc) is 2.47. The molecule has 1 aromatic heterocycles. The van der Waals surface area contributed by atoms with Crippen LogP contribution in [0.3, 0.4) is 0 Å². The summed E-state index contributed by atoms with van der Waals surface area (Å²) in [4.78, 5) is 4.47. The van der Waals surface area contributed by atoms with Gasteiger partial charge < -0.3 is 10.1 Å². The van der Waals surface area contributed by atoms with E-state index in [-0.39, 0.29) is 0 Å². The number of pyridine rings is 1. The van der Waals surface area contributed by atoms with E-state index in [2.05, 4.69) is 22.4 Å². The summed E-state index contributed by atoms with van der Waals surface area (Å²) in [5, 5.41) is 3.68. The Balaban J connectivity index is 1.94. The number of hydrogen-bond acceptors (Lipinski definition) is 3. The molecule has 1 aliphatic carbocycles. The fourth-order valence-corrected chi connectivity index (χ4v) is 3.38. The molecule has 1 saturated heterocycles. The van der Waals surface area contributed by atoms with Crippen molar-refractivity contribution >= 4 is 5.57 Å². The summed E-state index contributed by atoms with van der Waals surface area (Å²) < 4.78 is 5.40. The molecule has 3 heteroatoms. The van der Waals surface area contributed by atoms with E-state index in [0.717, 1.165) is 23.9 Å². The van der Waals surface area contributed by atoms with E-state index in [1.165, 1.54) is 36.8 Å². The number of aromatic nitrogens is 1. The lowest BCUT2D eigenvalue weighted by Gasteiger charge is -2.37. The van der Waals surface area contributed by atoms with Crippen molar-refractivity contribution < 1.29 is 4.74 Å². The van der Waals surface area contributed by atoms with E-state index in [4.69, 9.17) is 4.74 Å². The molecule has 2 heterocycles. The highest BCUT2D eigenvalue weighted by molar-refractivity contribution is 5.71. The number of fused-ring (bicyclic) bond motifs is 1. The normalized spacial score (nSPS) is 26.5. The van der Waals surface area contributed by atoms with E-state index in [0.29, 0.717) is 6.04 Å². The maximum atomic E-state index is 5.40. The van der Waals surface area contributed by atoms with E-state index in [9.17, 15) is 0 Å². The van der Waals surface area contributed by atoms with Crippen molar-refractivity contribution in [2.45, 2.75) is 38.6 Å². The number of methoxy groups -OCH3 is 1. The molecule has 0 amide bonds. The minimum atomic E-state index is 0.511. The minimum Gasteiger partial charge on any atom is -0.495 e. The van der Waals surface area contributed by atoms with Crippen LogP contribution < -0.4 is 10.1 Å². The molecule has 3 rings (SSSR count). The van der Waals surface area contributed by atoms with Crippen LogP contribution in [0.4, 0.5) is 0 Å². The summed E-state index contributed by atoms with van der Waals surface area (Å²) in [6.45, 7) is 3.12. The zero-order valence-electron chi connectivity index (χ0n) is 11.8. The van der Waals surface area contributed by atoms with Gasteiger partial charge in [0.2, 0.25) is 0 Å². The van der Waals surface area contributed by atoms with Gasteiger partial charge in [-0.15, -0.1) is 0 Å². The molecule has 1 N–H and O–H groups in total. The van der Waals surface area contributed by atoms with E-state index in [1.54, 1.807) is 7.11 Å². The van der Waals surface area contributed by atoms with Gasteiger partial charge in [0.25, 0.3) is 0 Å². The standard InChI is InChI=1S/C16H22N2O/c1-11-15(19-2)9-13(10-18-11)14-7-3-5-12-6-4-8-17-16(12)14/h7,9-10,12,16-17H,3-6,8H2,1-2H3/t12-,16+/m1/s1. The van der Waals surface area contributed by atoms with Crippen LogP contribution >= 0.6 is 0 Å². The smallest absolute Gasteiger partial charge is 0.140 e. The van der Waals surface area contributed by atoms with E-state index < -0.39 is 0 Å². The summed E-state index contributed by atoms with van der Waals surface area (Å²) in [6, 6.07) is 2.64. The van der Waals surface area contributed by atoms with Gasteiger partial charge in [-0.2, -0.15) is 0 Å². The van der Waals surface area contributed by atoms with Gasteiger partial charge in [-0.1, -0.05) is 6.08 Å². The molecular formula is C16H22N2O. The summed E-state index contributed by atoms with van der Waals surface area (Å²) in [6.07, 6.45) is 9.54. The third-order valence-electron chi connectivity index (χ3n) is 4.42. The van der Waals surface area contributed by atoms with E-state index >= 15 is 0 Å². The molecule has 0 radical (unpaired) electrons. The summed E-state index contributed by atoms with van der Waals surface area (Å²) in [7, 11) is 1.71. The van der Waals surface area contributed by atoms with Gasteiger partial charge in [0.05, 0.1) is 12.8 Å². The second-order valence-electron chi connectivity index (χ2n) is 5.58. The molecule has 3 nitrogen and oxygen atoms in total. The molecular weight excluding hydrogens is 236 g/mol. The predicted octanol–water partition coefficient (Wildman–Crippen LogP) is 2.94. The van der Waals surface area contributed by atoms with Gasteiger partial charge in [-0.05, 0) is 56.7 Å². The quantitative estimate of drug-likeness (QED) is 0.885. The van der Waals surface area contributed by atoms with Gasteiger partial charge in [0, 0.05) is 17.8 Å². The zero-order valence-corrected chi connectivity index (χ0v) is 11.8. The van der Waals surface area contributed by atoms with Crippen LogP contribution in [0.25, 0.3) is 5.57 Å². The Bertz CT molecular complexity index is 496. The summed E-state index contributed by atoms with van der Waals surface area (Å²) in [5.41, 5.74) is 3.59. The van der Waals surface area contributed by atoms with Crippen molar-refractivity contribution in [3.05, 3.63) is 29.6 Å². The Morgan fingerprint density at radius 1 is 1.37 bits per heavy atom. The number of nitrogens with zero attached hydrogens (tertiary/aromatic N) is 1. The lowest BCUT2D eigenvalue weighted by Crippen LogP contribution is -2.43. The van der Waals surface area contributed by atoms with E-state index in [1.807, 2.05) is 13.1 Å². The Labute approximate surface area is 115 Å². The lowest BCUT2D eigenvalue weighted by molar-refractivity contribution is 0.303. The number of aryl methyl sites for hydroxylation is 1. The zero-order chi connectivity index (χ0) is 13.2. The number of hydrogen-bond donors (Lipinski definition) is 1. The van der Waals surface area contributed by atoms with Crippen LogP contribution in [-0.2, 0) is 0 Å². The van der Waals surface area contributed by atoms with Gasteiger partial charge in [-0.25, -0.2) is 0 Å². The highest BCUT2D eigenvalue weighted by Crippen LogP contribution is 2.36. The Hall–Kier alpha value is -1.35. The average molecular weight is 258 g/mol. The molecule has 0 bridgehead atoms. The monoisotopic (exact) mass is 258 g/mol. The van der Waals surface area contributed by atoms with Crippen LogP contribution in [0.1, 0.15) is 36.9 Å². The molecule has 2 aliphatic rings. The second kappa shape index (κ2) is 5.33. The number of rotatable bonds is 2. The van der Waals surface area contributed by atoms with Crippen LogP contribution in [0.15, 0.2) is 18.3 Å². The molecule has 0 aromatic carbocycles. The van der Waals surface area contributed by atoms with Crippen LogP contribution in [-0.4, -0.2) is 24.7 Å². The van der Waals surface area contributed by atoms with Crippen molar-refractivity contribution in [2.75, 3.05) is 13.7 Å². The molecule has 1 aliphatic heterocycles. The third kappa shape index (κ3) is 2.39. The first-order valence-corrected chi connectivity index (χ1v) is 7.24. The highest BCUT2D eigenvalue weighted by atomic mass is 16.5. The number of ether oxygens (including phenoxy) is 1. The van der Waals surface area contributed by atoms with Gasteiger partial charge in [-0.3, -0.25) is 4.98 Å². The van der Waals surface area contributed by atoms with Gasteiger partial charge >= 0.3 is 0 Å². The maximum Gasteiger partial charge on any atom is 0.140 e. The summed E-state index contributed by atoms with van der Waals surface area (Å²) in [5.74, 6) is 1.68. The number of piperidine rings is 1. The van der Waals surface area contributed by atoms with Gasteiger partial charge in [0.1, 0.15) is 5.75 Å². The van der Waals surface area contributed by atoms with Crippen LogP contribution in [0.5, 0.6) is 5.75 Å². The van der Waals surface area contributed by atoms with Crippen molar-refractivity contribution in [1.82, 2.24) is 10.3 Å². The van der Waals surface area contributed by atoms with Crippen molar-refractivity contribution in [1.29, 1.82) is 0 Å². The SMILES string of the molecule is COc1cc(C2=CCC[C@@H]3CCCN[C@H]23)cnc1C. The van der Waals surface area contributed by atoms with Crippen molar-refractivity contribution in [3.63, 3.8) is 0 Å². The molecule has 0 saturated carbocycles. The summed E-state index contributed by atoms with van der Waals surface area (Å²) >= 11 is 0. The number of nitrogens with one attached hydrogen (secondary N) is 1. The Morgan fingerprint density at radius 3 is 3.11 bits per heavy atom. The third-order valence-corrected chi connectivity index (χ3v) is 4.42. The first kappa shape index (κ1) is 12.7. The van der Waals surface area contributed by atoms with Crippen molar-refractivity contribution in [2.24, 2.45) is 5.92 Å². The molecule has 19 heavy (non-hydrogen) atoms. The second-order valence-corrected chi connectivity index (χ2v) is 5.58. The van der Waals surface area contributed by atoms with Crippen LogP contribution in [0, 0.1) is 12.8 Å². The molecule has 0 unspecified atom stereocenters. The topological polar surface area (TPSA) is 34.1 Å². The number of allylic oxidation sites excluding steroid dienone is 1. The fraction of sp³-hybridized carbons (Fsp3) is 0.562. The molecule has 0 spiro atoms. The predicted molar refractivity (Wildman–Crippen MR) is 77.3 cm³/mol. The lowest BCUT2D eigenvalue weighted by atomic mass is 9.77. The minimum absolute atomic E-state index is 0.511. The molecule has 2 atom stereocenters. The first-order valence-electron chi connectivity index (χ1n) is 7.24. The molecule has 1 fully saturated rings. The Morgan fingerprint density at radius 2 is 2.26 bits per heavy atom. The van der Waals surface area contributed by atoms with Crippen molar-refractivity contribution in [3.8, 4) is 5.75 Å². The highest BCUT2D eigenvalue weighted by Gasteiger charge is 2.30. The van der Waals surface area contributed by atoms with Gasteiger partial charge in [0.15, 0.2) is 0 Å². The first-order chi connectivity index (χ1) is 9.29. The molecule has 102 valence electrons. The maximum absolute atomic E-state index is 5.40. The molecule has 1 aromatic rings. The van der Waals surface area contributed by atoms with Crippen LogP contribution in [0.2, 0.25) is 0 Å². The fourth-order valence-electron chi connectivity index (χ4n) is 3.38. The largest absolute Gasteiger partial charge is 0.495 e.